The first kappa shape index (κ1) is 19.7. The number of ether oxygens (including phenoxy) is 3. The summed E-state index contributed by atoms with van der Waals surface area (Å²) in [7, 11) is 0. The van der Waals surface area contributed by atoms with Gasteiger partial charge in [-0.05, 0) is 17.2 Å². The minimum Gasteiger partial charge on any atom is -0.456 e. The lowest BCUT2D eigenvalue weighted by atomic mass is 10.0. The fourth-order valence-corrected chi connectivity index (χ4v) is 4.55. The van der Waals surface area contributed by atoms with Crippen LogP contribution in [0.15, 0.2) is 60.7 Å². The maximum absolute atomic E-state index is 9.90. The number of nitrogens with zero attached hydrogens (tertiary/aromatic N) is 2. The van der Waals surface area contributed by atoms with Crippen molar-refractivity contribution >= 4 is 22.8 Å². The van der Waals surface area contributed by atoms with Crippen LogP contribution in [0, 0.1) is 0 Å². The van der Waals surface area contributed by atoms with Gasteiger partial charge in [0, 0.05) is 5.56 Å². The van der Waals surface area contributed by atoms with Crippen molar-refractivity contribution in [2.24, 2.45) is 0 Å². The molecule has 2 saturated heterocycles. The molecule has 7 nitrogen and oxygen atoms in total. The summed E-state index contributed by atoms with van der Waals surface area (Å²) in [6.07, 6.45) is -1.64. The molecule has 0 saturated carbocycles. The largest absolute Gasteiger partial charge is 0.456 e. The Morgan fingerprint density at radius 3 is 2.44 bits per heavy atom. The first-order valence-electron chi connectivity index (χ1n) is 10.5. The van der Waals surface area contributed by atoms with Crippen LogP contribution in [-0.4, -0.2) is 57.7 Å². The first-order valence-corrected chi connectivity index (χ1v) is 10.8. The van der Waals surface area contributed by atoms with Crippen molar-refractivity contribution in [1.82, 2.24) is 15.0 Å². The van der Waals surface area contributed by atoms with Crippen LogP contribution in [0.1, 0.15) is 0 Å². The van der Waals surface area contributed by atoms with Gasteiger partial charge < -0.3 is 24.3 Å². The SMILES string of the molecule is O[C@@H]1CO[C@H]2[C@@H]1OC[C@@H]2Oc1nc2nc(-c3ccc(-c4ccccc4)cc3)c(Cl)cc2[nH]1. The second kappa shape index (κ2) is 7.86. The highest BCUT2D eigenvalue weighted by atomic mass is 35.5. The molecule has 2 aliphatic heterocycles. The lowest BCUT2D eigenvalue weighted by Gasteiger charge is -2.15. The fraction of sp³-hybridized carbons (Fsp3) is 0.250. The third-order valence-corrected chi connectivity index (χ3v) is 6.20. The standard InChI is InChI=1S/C24H20ClN3O4/c25-16-10-17-23(28-24(26-17)32-19-12-31-21-18(29)11-30-22(19)21)27-20(16)15-8-6-14(7-9-15)13-4-2-1-3-5-13/h1-10,18-19,21-22,29H,11-12H2,(H,26,27,28)/t18-,19+,21-,22-/m1/s1. The number of aromatic nitrogens is 3. The Labute approximate surface area is 188 Å². The monoisotopic (exact) mass is 449 g/mol. The number of fused-ring (bicyclic) bond motifs is 2. The van der Waals surface area contributed by atoms with Crippen molar-refractivity contribution in [1.29, 1.82) is 0 Å². The van der Waals surface area contributed by atoms with E-state index in [1.165, 1.54) is 0 Å². The Bertz CT molecular complexity index is 1260. The Kier molecular flexibility index (Phi) is 4.84. The lowest BCUT2D eigenvalue weighted by Crippen LogP contribution is -2.34. The van der Waals surface area contributed by atoms with E-state index in [0.29, 0.717) is 34.5 Å². The Morgan fingerprint density at radius 2 is 1.62 bits per heavy atom. The molecule has 0 aliphatic carbocycles. The van der Waals surface area contributed by atoms with Crippen molar-refractivity contribution in [3.8, 4) is 28.4 Å². The quantitative estimate of drug-likeness (QED) is 0.492. The fourth-order valence-electron chi connectivity index (χ4n) is 4.29. The maximum atomic E-state index is 9.90. The van der Waals surface area contributed by atoms with E-state index in [0.717, 1.165) is 16.7 Å². The molecule has 4 aromatic rings. The van der Waals surface area contributed by atoms with Crippen LogP contribution in [0.3, 0.4) is 0 Å². The van der Waals surface area contributed by atoms with Gasteiger partial charge in [-0.3, -0.25) is 0 Å². The molecule has 4 atom stereocenters. The molecule has 0 amide bonds. The summed E-state index contributed by atoms with van der Waals surface area (Å²) in [6, 6.07) is 20.4. The maximum Gasteiger partial charge on any atom is 0.296 e. The van der Waals surface area contributed by atoms with Gasteiger partial charge in [-0.15, -0.1) is 0 Å². The van der Waals surface area contributed by atoms with Gasteiger partial charge in [0.1, 0.15) is 18.3 Å². The predicted molar refractivity (Wildman–Crippen MR) is 120 cm³/mol. The number of pyridine rings is 1. The summed E-state index contributed by atoms with van der Waals surface area (Å²) < 4.78 is 17.2. The zero-order valence-electron chi connectivity index (χ0n) is 16.9. The highest BCUT2D eigenvalue weighted by Crippen LogP contribution is 2.33. The lowest BCUT2D eigenvalue weighted by molar-refractivity contribution is 0.00706. The van der Waals surface area contributed by atoms with E-state index in [-0.39, 0.29) is 24.9 Å². The average Bonchev–Trinajstić information content (AvgIpc) is 3.51. The molecule has 0 spiro atoms. The molecule has 32 heavy (non-hydrogen) atoms. The van der Waals surface area contributed by atoms with Gasteiger partial charge in [-0.2, -0.15) is 4.98 Å². The molecule has 2 N–H and O–H groups in total. The molecule has 4 heterocycles. The molecule has 2 aliphatic rings. The minimum absolute atomic E-state index is 0.249. The van der Waals surface area contributed by atoms with Crippen LogP contribution in [-0.2, 0) is 9.47 Å². The van der Waals surface area contributed by atoms with E-state index < -0.39 is 6.10 Å². The van der Waals surface area contributed by atoms with Gasteiger partial charge >= 0.3 is 0 Å². The molecular weight excluding hydrogens is 430 g/mol. The number of aliphatic hydroxyl groups is 1. The summed E-state index contributed by atoms with van der Waals surface area (Å²) in [5, 5.41) is 10.4. The van der Waals surface area contributed by atoms with Gasteiger partial charge in [0.15, 0.2) is 11.8 Å². The third kappa shape index (κ3) is 3.43. The molecule has 0 radical (unpaired) electrons. The summed E-state index contributed by atoms with van der Waals surface area (Å²) in [6.45, 7) is 0.579. The average molecular weight is 450 g/mol. The van der Waals surface area contributed by atoms with E-state index in [4.69, 9.17) is 25.8 Å². The second-order valence-corrected chi connectivity index (χ2v) is 8.40. The number of benzene rings is 2. The van der Waals surface area contributed by atoms with Crippen molar-refractivity contribution in [2.45, 2.75) is 24.4 Å². The van der Waals surface area contributed by atoms with Crippen LogP contribution >= 0.6 is 11.6 Å². The van der Waals surface area contributed by atoms with Gasteiger partial charge in [-0.25, -0.2) is 4.98 Å². The Morgan fingerprint density at radius 1 is 0.906 bits per heavy atom. The number of imidazole rings is 1. The van der Waals surface area contributed by atoms with Crippen LogP contribution < -0.4 is 4.74 Å². The number of rotatable bonds is 4. The normalized spacial score (nSPS) is 24.7. The van der Waals surface area contributed by atoms with E-state index >= 15 is 0 Å². The number of aliphatic hydroxyl groups excluding tert-OH is 1. The first-order chi connectivity index (χ1) is 15.7. The summed E-state index contributed by atoms with van der Waals surface area (Å²) >= 11 is 6.54. The van der Waals surface area contributed by atoms with Crippen LogP contribution in [0.25, 0.3) is 33.5 Å². The molecule has 2 fully saturated rings. The molecular formula is C24H20ClN3O4. The number of hydrogen-bond acceptors (Lipinski definition) is 6. The van der Waals surface area contributed by atoms with E-state index in [1.54, 1.807) is 6.07 Å². The molecule has 2 aromatic heterocycles. The van der Waals surface area contributed by atoms with Crippen molar-refractivity contribution in [3.63, 3.8) is 0 Å². The zero-order chi connectivity index (χ0) is 21.7. The Balaban J connectivity index is 1.26. The van der Waals surface area contributed by atoms with Crippen LogP contribution in [0.2, 0.25) is 5.02 Å². The van der Waals surface area contributed by atoms with Crippen molar-refractivity contribution in [2.75, 3.05) is 13.2 Å². The second-order valence-electron chi connectivity index (χ2n) is 7.99. The zero-order valence-corrected chi connectivity index (χ0v) is 17.7. The number of H-pyrrole nitrogens is 1. The molecule has 2 aromatic carbocycles. The van der Waals surface area contributed by atoms with Gasteiger partial charge in [0.05, 0.1) is 29.4 Å². The highest BCUT2D eigenvalue weighted by Gasteiger charge is 2.48. The highest BCUT2D eigenvalue weighted by molar-refractivity contribution is 6.33. The summed E-state index contributed by atoms with van der Waals surface area (Å²) in [4.78, 5) is 12.3. The van der Waals surface area contributed by atoms with Gasteiger partial charge in [0.25, 0.3) is 6.01 Å². The third-order valence-electron chi connectivity index (χ3n) is 5.92. The van der Waals surface area contributed by atoms with E-state index in [1.807, 2.05) is 30.3 Å². The smallest absolute Gasteiger partial charge is 0.296 e. The molecule has 6 rings (SSSR count). The predicted octanol–water partition coefficient (Wildman–Crippen LogP) is 3.85. The van der Waals surface area contributed by atoms with E-state index in [9.17, 15) is 5.11 Å². The molecule has 0 bridgehead atoms. The Hall–Kier alpha value is -2.97. The van der Waals surface area contributed by atoms with Gasteiger partial charge in [0.2, 0.25) is 0 Å². The van der Waals surface area contributed by atoms with E-state index in [2.05, 4.69) is 39.2 Å². The number of hydrogen-bond donors (Lipinski definition) is 2. The summed E-state index contributed by atoms with van der Waals surface area (Å²) in [5.74, 6) is 0. The summed E-state index contributed by atoms with van der Waals surface area (Å²) in [5.41, 5.74) is 5.02. The van der Waals surface area contributed by atoms with Crippen LogP contribution in [0.4, 0.5) is 0 Å². The number of nitrogens with one attached hydrogen (secondary N) is 1. The van der Waals surface area contributed by atoms with Crippen molar-refractivity contribution in [3.05, 3.63) is 65.7 Å². The number of aromatic amines is 1. The molecule has 162 valence electrons. The topological polar surface area (TPSA) is 89.5 Å². The molecule has 0 unspecified atom stereocenters. The molecule has 8 heteroatoms. The van der Waals surface area contributed by atoms with Gasteiger partial charge in [-0.1, -0.05) is 66.2 Å². The van der Waals surface area contributed by atoms with Crippen molar-refractivity contribution < 1.29 is 19.3 Å². The minimum atomic E-state index is -0.624. The van der Waals surface area contributed by atoms with Crippen LogP contribution in [0.5, 0.6) is 6.01 Å². The number of halogens is 1.